The van der Waals surface area contributed by atoms with Crippen LogP contribution in [0.4, 0.5) is 0 Å². The van der Waals surface area contributed by atoms with Gasteiger partial charge in [-0.15, -0.1) is 0 Å². The van der Waals surface area contributed by atoms with Crippen molar-refractivity contribution < 1.29 is 9.59 Å². The minimum Gasteiger partial charge on any atom is -0.331 e. The number of piperazine rings is 1. The second kappa shape index (κ2) is 3.97. The monoisotopic (exact) mass is 250 g/mol. The first-order chi connectivity index (χ1) is 8.53. The molecular formula is C14H22N2O2. The first-order valence-corrected chi connectivity index (χ1v) is 7.12. The molecule has 1 saturated carbocycles. The fraction of sp³-hybridized carbons (Fsp3) is 0.857. The van der Waals surface area contributed by atoms with Crippen LogP contribution < -0.4 is 0 Å². The maximum atomic E-state index is 12.4. The van der Waals surface area contributed by atoms with E-state index in [0.717, 1.165) is 25.9 Å². The summed E-state index contributed by atoms with van der Waals surface area (Å²) in [5.41, 5.74) is 0.302. The summed E-state index contributed by atoms with van der Waals surface area (Å²) in [6.45, 7) is 6.33. The zero-order valence-electron chi connectivity index (χ0n) is 11.3. The van der Waals surface area contributed by atoms with Gasteiger partial charge >= 0.3 is 0 Å². The molecule has 3 fully saturated rings. The maximum Gasteiger partial charge on any atom is 0.245 e. The molecule has 1 atom stereocenters. The molecule has 0 N–H and O–H groups in total. The van der Waals surface area contributed by atoms with E-state index in [1.165, 1.54) is 12.8 Å². The molecule has 0 bridgehead atoms. The SMILES string of the molecule is CC(C)C1(CN2CC(=O)N3CCCC3C2=O)CC1. The van der Waals surface area contributed by atoms with Crippen molar-refractivity contribution in [1.82, 2.24) is 9.80 Å². The summed E-state index contributed by atoms with van der Waals surface area (Å²) in [4.78, 5) is 28.1. The van der Waals surface area contributed by atoms with Gasteiger partial charge in [0.1, 0.15) is 6.04 Å². The highest BCUT2D eigenvalue weighted by atomic mass is 16.2. The summed E-state index contributed by atoms with van der Waals surface area (Å²) in [5, 5.41) is 0. The Kier molecular flexibility index (Phi) is 2.65. The van der Waals surface area contributed by atoms with E-state index in [9.17, 15) is 9.59 Å². The quantitative estimate of drug-likeness (QED) is 0.756. The van der Waals surface area contributed by atoms with Crippen LogP contribution in [-0.2, 0) is 9.59 Å². The molecule has 2 saturated heterocycles. The topological polar surface area (TPSA) is 40.6 Å². The lowest BCUT2D eigenvalue weighted by atomic mass is 9.91. The van der Waals surface area contributed by atoms with Crippen molar-refractivity contribution >= 4 is 11.8 Å². The number of hydrogen-bond donors (Lipinski definition) is 0. The highest BCUT2D eigenvalue weighted by Gasteiger charge is 2.50. The largest absolute Gasteiger partial charge is 0.331 e. The van der Waals surface area contributed by atoms with Crippen molar-refractivity contribution in [3.63, 3.8) is 0 Å². The van der Waals surface area contributed by atoms with Gasteiger partial charge in [-0.1, -0.05) is 13.8 Å². The predicted molar refractivity (Wildman–Crippen MR) is 67.8 cm³/mol. The van der Waals surface area contributed by atoms with Gasteiger partial charge in [-0.05, 0) is 37.0 Å². The second-order valence-electron chi connectivity index (χ2n) is 6.46. The Morgan fingerprint density at radius 3 is 2.67 bits per heavy atom. The van der Waals surface area contributed by atoms with Gasteiger partial charge in [-0.25, -0.2) is 0 Å². The molecule has 2 heterocycles. The van der Waals surface area contributed by atoms with Gasteiger partial charge in [0.05, 0.1) is 6.54 Å². The van der Waals surface area contributed by atoms with Crippen LogP contribution in [0.5, 0.6) is 0 Å². The maximum absolute atomic E-state index is 12.4. The van der Waals surface area contributed by atoms with Crippen LogP contribution in [0, 0.1) is 11.3 Å². The molecule has 18 heavy (non-hydrogen) atoms. The third kappa shape index (κ3) is 1.73. The number of carbonyl (C=O) groups is 2. The highest BCUT2D eigenvalue weighted by molar-refractivity contribution is 5.95. The lowest BCUT2D eigenvalue weighted by molar-refractivity contribution is -0.154. The molecule has 1 aliphatic carbocycles. The summed E-state index contributed by atoms with van der Waals surface area (Å²) >= 11 is 0. The molecule has 3 rings (SSSR count). The zero-order valence-corrected chi connectivity index (χ0v) is 11.3. The van der Waals surface area contributed by atoms with Crippen LogP contribution in [-0.4, -0.2) is 47.3 Å². The molecule has 0 aromatic carbocycles. The molecule has 4 nitrogen and oxygen atoms in total. The average molecular weight is 250 g/mol. The normalized spacial score (nSPS) is 30.1. The van der Waals surface area contributed by atoms with Gasteiger partial charge in [0, 0.05) is 13.1 Å². The van der Waals surface area contributed by atoms with Gasteiger partial charge in [0.2, 0.25) is 11.8 Å². The lowest BCUT2D eigenvalue weighted by Crippen LogP contribution is -2.58. The van der Waals surface area contributed by atoms with Crippen molar-refractivity contribution in [3.05, 3.63) is 0 Å². The Bertz CT molecular complexity index is 387. The first-order valence-electron chi connectivity index (χ1n) is 7.12. The van der Waals surface area contributed by atoms with Crippen molar-refractivity contribution in [2.45, 2.75) is 45.6 Å². The Morgan fingerprint density at radius 1 is 1.33 bits per heavy atom. The van der Waals surface area contributed by atoms with Gasteiger partial charge in [-0.3, -0.25) is 9.59 Å². The van der Waals surface area contributed by atoms with E-state index >= 15 is 0 Å². The molecule has 100 valence electrons. The number of carbonyl (C=O) groups excluding carboxylic acids is 2. The van der Waals surface area contributed by atoms with Crippen LogP contribution in [0.3, 0.4) is 0 Å². The summed E-state index contributed by atoms with van der Waals surface area (Å²) in [7, 11) is 0. The second-order valence-corrected chi connectivity index (χ2v) is 6.46. The number of fused-ring (bicyclic) bond motifs is 1. The minimum atomic E-state index is -0.144. The number of amides is 2. The van der Waals surface area contributed by atoms with Crippen molar-refractivity contribution in [3.8, 4) is 0 Å². The smallest absolute Gasteiger partial charge is 0.245 e. The Hall–Kier alpha value is -1.06. The molecule has 0 aromatic heterocycles. The molecule has 2 aliphatic heterocycles. The molecule has 4 heteroatoms. The number of rotatable bonds is 3. The summed E-state index contributed by atoms with van der Waals surface area (Å²) in [6, 6.07) is -0.144. The predicted octanol–water partition coefficient (Wildman–Crippen LogP) is 1.26. The van der Waals surface area contributed by atoms with E-state index in [1.54, 1.807) is 4.90 Å². The Balaban J connectivity index is 1.73. The Labute approximate surface area is 108 Å². The molecule has 0 aromatic rings. The van der Waals surface area contributed by atoms with Crippen LogP contribution in [0.15, 0.2) is 0 Å². The number of nitrogens with zero attached hydrogens (tertiary/aromatic N) is 2. The summed E-state index contributed by atoms with van der Waals surface area (Å²) < 4.78 is 0. The van der Waals surface area contributed by atoms with Gasteiger partial charge in [-0.2, -0.15) is 0 Å². The average Bonchev–Trinajstić information content (AvgIpc) is 2.93. The van der Waals surface area contributed by atoms with Crippen LogP contribution in [0.2, 0.25) is 0 Å². The van der Waals surface area contributed by atoms with Crippen LogP contribution in [0.25, 0.3) is 0 Å². The van der Waals surface area contributed by atoms with E-state index in [4.69, 9.17) is 0 Å². The fourth-order valence-corrected chi connectivity index (χ4v) is 3.46. The lowest BCUT2D eigenvalue weighted by Gasteiger charge is -2.38. The van der Waals surface area contributed by atoms with E-state index in [2.05, 4.69) is 13.8 Å². The number of hydrogen-bond acceptors (Lipinski definition) is 2. The van der Waals surface area contributed by atoms with Crippen molar-refractivity contribution in [2.24, 2.45) is 11.3 Å². The zero-order chi connectivity index (χ0) is 12.9. The van der Waals surface area contributed by atoms with Gasteiger partial charge in [0.15, 0.2) is 0 Å². The molecule has 0 spiro atoms. The van der Waals surface area contributed by atoms with Crippen LogP contribution >= 0.6 is 0 Å². The molecule has 3 aliphatic rings. The molecular weight excluding hydrogens is 228 g/mol. The summed E-state index contributed by atoms with van der Waals surface area (Å²) in [6.07, 6.45) is 4.25. The third-order valence-corrected chi connectivity index (χ3v) is 5.12. The Morgan fingerprint density at radius 2 is 2.06 bits per heavy atom. The van der Waals surface area contributed by atoms with E-state index in [0.29, 0.717) is 17.9 Å². The minimum absolute atomic E-state index is 0.144. The van der Waals surface area contributed by atoms with E-state index in [-0.39, 0.29) is 17.9 Å². The fourth-order valence-electron chi connectivity index (χ4n) is 3.46. The highest BCUT2D eigenvalue weighted by Crippen LogP contribution is 2.52. The van der Waals surface area contributed by atoms with Crippen molar-refractivity contribution in [2.75, 3.05) is 19.6 Å². The van der Waals surface area contributed by atoms with Crippen molar-refractivity contribution in [1.29, 1.82) is 0 Å². The first kappa shape index (κ1) is 12.0. The van der Waals surface area contributed by atoms with Gasteiger partial charge in [0.25, 0.3) is 0 Å². The van der Waals surface area contributed by atoms with Crippen LogP contribution in [0.1, 0.15) is 39.5 Å². The molecule has 2 amide bonds. The third-order valence-electron chi connectivity index (χ3n) is 5.12. The molecule has 0 radical (unpaired) electrons. The standard InChI is InChI=1S/C14H22N2O2/c1-10(2)14(5-6-14)9-15-8-12(17)16-7-3-4-11(16)13(15)18/h10-11H,3-9H2,1-2H3. The van der Waals surface area contributed by atoms with E-state index < -0.39 is 0 Å². The van der Waals surface area contributed by atoms with Gasteiger partial charge < -0.3 is 9.80 Å². The molecule has 1 unspecified atom stereocenters. The summed E-state index contributed by atoms with van der Waals surface area (Å²) in [5.74, 6) is 0.942. The van der Waals surface area contributed by atoms with E-state index in [1.807, 2.05) is 4.90 Å².